The lowest BCUT2D eigenvalue weighted by Gasteiger charge is -2.21. The van der Waals surface area contributed by atoms with E-state index in [0.717, 1.165) is 11.1 Å². The molecule has 1 atom stereocenters. The Morgan fingerprint density at radius 3 is 2.75 bits per heavy atom. The van der Waals surface area contributed by atoms with Crippen LogP contribution in [0.5, 0.6) is 0 Å². The van der Waals surface area contributed by atoms with Gasteiger partial charge < -0.3 is 10.8 Å². The van der Waals surface area contributed by atoms with Gasteiger partial charge >= 0.3 is 0 Å². The first-order chi connectivity index (χ1) is 9.37. The van der Waals surface area contributed by atoms with Gasteiger partial charge in [-0.1, -0.05) is 69.0 Å². The largest absolute Gasteiger partial charge is 0.402 e. The lowest BCUT2D eigenvalue weighted by molar-refractivity contribution is 0.245. The molecule has 0 aromatic carbocycles. The third kappa shape index (κ3) is 4.71. The minimum Gasteiger partial charge on any atom is -0.402 e. The Morgan fingerprint density at radius 2 is 2.15 bits per heavy atom. The molecule has 0 amide bonds. The summed E-state index contributed by atoms with van der Waals surface area (Å²) < 4.78 is 0. The summed E-state index contributed by atoms with van der Waals surface area (Å²) in [6.07, 6.45) is 15.6. The van der Waals surface area contributed by atoms with E-state index >= 15 is 0 Å². The predicted octanol–water partition coefficient (Wildman–Crippen LogP) is 3.79. The number of hydrogen-bond acceptors (Lipinski definition) is 2. The maximum absolute atomic E-state index is 10.6. The fourth-order valence-corrected chi connectivity index (χ4v) is 2.15. The van der Waals surface area contributed by atoms with Crippen molar-refractivity contribution in [3.63, 3.8) is 0 Å². The minimum absolute atomic E-state index is 0.0790. The molecule has 0 aromatic heterocycles. The van der Waals surface area contributed by atoms with Crippen LogP contribution in [0.2, 0.25) is 0 Å². The Bertz CT molecular complexity index is 498. The molecule has 0 bridgehead atoms. The summed E-state index contributed by atoms with van der Waals surface area (Å²) in [5, 5.41) is 10.6. The maximum atomic E-state index is 10.6. The van der Waals surface area contributed by atoms with Crippen LogP contribution in [0.4, 0.5) is 0 Å². The normalized spacial score (nSPS) is 20.3. The average Bonchev–Trinajstić information content (AvgIpc) is 2.54. The molecule has 0 saturated carbocycles. The highest BCUT2D eigenvalue weighted by molar-refractivity contribution is 5.39. The molecule has 108 valence electrons. The quantitative estimate of drug-likeness (QED) is 0.747. The summed E-state index contributed by atoms with van der Waals surface area (Å²) in [7, 11) is 0. The van der Waals surface area contributed by atoms with E-state index < -0.39 is 6.10 Å². The first kappa shape index (κ1) is 16.3. The molecular formula is C18H25NO. The fourth-order valence-electron chi connectivity index (χ4n) is 2.15. The van der Waals surface area contributed by atoms with Crippen molar-refractivity contribution in [2.75, 3.05) is 0 Å². The standard InChI is InChI=1S/C18H25NO/c1-5-6-7-11-16(14(2)19)17(20)15-10-8-9-12-18(3,4)13-15/h5-10,12-13,17,20H,1,11,19H2,2-4H3/b7-6?,16-14-. The third-order valence-corrected chi connectivity index (χ3v) is 3.23. The Morgan fingerprint density at radius 1 is 1.45 bits per heavy atom. The molecular weight excluding hydrogens is 246 g/mol. The zero-order valence-corrected chi connectivity index (χ0v) is 12.6. The molecule has 0 aliphatic heterocycles. The van der Waals surface area contributed by atoms with Gasteiger partial charge in [0.15, 0.2) is 0 Å². The van der Waals surface area contributed by atoms with Gasteiger partial charge in [0.2, 0.25) is 0 Å². The predicted molar refractivity (Wildman–Crippen MR) is 87.0 cm³/mol. The topological polar surface area (TPSA) is 46.2 Å². The summed E-state index contributed by atoms with van der Waals surface area (Å²) in [5.41, 5.74) is 8.22. The molecule has 3 N–H and O–H groups in total. The van der Waals surface area contributed by atoms with E-state index in [2.05, 4.69) is 32.6 Å². The molecule has 0 saturated heterocycles. The van der Waals surface area contributed by atoms with Gasteiger partial charge in [0.1, 0.15) is 6.10 Å². The second-order valence-corrected chi connectivity index (χ2v) is 5.66. The molecule has 0 aromatic rings. The minimum atomic E-state index is -0.676. The van der Waals surface area contributed by atoms with Crippen molar-refractivity contribution in [2.24, 2.45) is 11.1 Å². The molecule has 2 heteroatoms. The number of rotatable bonds is 5. The maximum Gasteiger partial charge on any atom is 0.102 e. The number of allylic oxidation sites excluding steroid dienone is 8. The summed E-state index contributed by atoms with van der Waals surface area (Å²) in [5.74, 6) is 0. The molecule has 0 heterocycles. The average molecular weight is 271 g/mol. The van der Waals surface area contributed by atoms with Crippen molar-refractivity contribution < 1.29 is 5.11 Å². The van der Waals surface area contributed by atoms with Crippen LogP contribution in [0.3, 0.4) is 0 Å². The van der Waals surface area contributed by atoms with Crippen molar-refractivity contribution in [1.29, 1.82) is 0 Å². The van der Waals surface area contributed by atoms with Gasteiger partial charge in [-0.25, -0.2) is 0 Å². The first-order valence-electron chi connectivity index (χ1n) is 6.87. The summed E-state index contributed by atoms with van der Waals surface area (Å²) in [4.78, 5) is 0. The van der Waals surface area contributed by atoms with Crippen molar-refractivity contribution in [2.45, 2.75) is 33.3 Å². The van der Waals surface area contributed by atoms with E-state index in [1.807, 2.05) is 37.3 Å². The molecule has 20 heavy (non-hydrogen) atoms. The molecule has 1 rings (SSSR count). The zero-order valence-electron chi connectivity index (χ0n) is 12.6. The lowest BCUT2D eigenvalue weighted by atomic mass is 9.88. The Kier molecular flexibility index (Phi) is 5.78. The number of aliphatic hydroxyl groups is 1. The number of hydrogen-bond donors (Lipinski definition) is 2. The Balaban J connectivity index is 3.04. The lowest BCUT2D eigenvalue weighted by Crippen LogP contribution is -2.18. The van der Waals surface area contributed by atoms with Gasteiger partial charge in [0, 0.05) is 11.1 Å². The van der Waals surface area contributed by atoms with Crippen LogP contribution in [0.1, 0.15) is 27.2 Å². The van der Waals surface area contributed by atoms with Gasteiger partial charge in [0.25, 0.3) is 0 Å². The van der Waals surface area contributed by atoms with E-state index in [0.29, 0.717) is 12.1 Å². The van der Waals surface area contributed by atoms with Crippen LogP contribution in [0.25, 0.3) is 0 Å². The highest BCUT2D eigenvalue weighted by Crippen LogP contribution is 2.28. The van der Waals surface area contributed by atoms with Crippen LogP contribution in [-0.2, 0) is 0 Å². The molecule has 0 radical (unpaired) electrons. The second-order valence-electron chi connectivity index (χ2n) is 5.66. The molecule has 1 aliphatic rings. The summed E-state index contributed by atoms with van der Waals surface area (Å²) in [6, 6.07) is 0. The summed E-state index contributed by atoms with van der Waals surface area (Å²) in [6.45, 7) is 9.69. The zero-order chi connectivity index (χ0) is 15.2. The van der Waals surface area contributed by atoms with E-state index in [4.69, 9.17) is 5.73 Å². The van der Waals surface area contributed by atoms with Gasteiger partial charge in [-0.3, -0.25) is 0 Å². The molecule has 1 unspecified atom stereocenters. The monoisotopic (exact) mass is 271 g/mol. The van der Waals surface area contributed by atoms with Gasteiger partial charge in [-0.2, -0.15) is 0 Å². The SMILES string of the molecule is C=CC=CC/C(=C(\C)N)C(O)C1=CC(C)(C)C=CC=C1. The number of nitrogens with two attached hydrogens (primary N) is 1. The van der Waals surface area contributed by atoms with Crippen molar-refractivity contribution in [3.05, 3.63) is 72.0 Å². The van der Waals surface area contributed by atoms with Crippen LogP contribution in [-0.4, -0.2) is 11.2 Å². The van der Waals surface area contributed by atoms with Gasteiger partial charge in [-0.05, 0) is 24.5 Å². The summed E-state index contributed by atoms with van der Waals surface area (Å²) >= 11 is 0. The number of aliphatic hydroxyl groups excluding tert-OH is 1. The van der Waals surface area contributed by atoms with E-state index in [1.54, 1.807) is 6.08 Å². The molecule has 0 spiro atoms. The van der Waals surface area contributed by atoms with E-state index in [9.17, 15) is 5.11 Å². The van der Waals surface area contributed by atoms with Crippen LogP contribution in [0, 0.1) is 5.41 Å². The van der Waals surface area contributed by atoms with Gasteiger partial charge in [0.05, 0.1) is 0 Å². The van der Waals surface area contributed by atoms with Crippen LogP contribution >= 0.6 is 0 Å². The van der Waals surface area contributed by atoms with Gasteiger partial charge in [-0.15, -0.1) is 0 Å². The molecule has 0 fully saturated rings. The Hall–Kier alpha value is -1.80. The smallest absolute Gasteiger partial charge is 0.102 e. The van der Waals surface area contributed by atoms with E-state index in [-0.39, 0.29) is 5.41 Å². The van der Waals surface area contributed by atoms with Crippen molar-refractivity contribution >= 4 is 0 Å². The fraction of sp³-hybridized carbons (Fsp3) is 0.333. The second kappa shape index (κ2) is 7.11. The van der Waals surface area contributed by atoms with Crippen LogP contribution < -0.4 is 5.73 Å². The third-order valence-electron chi connectivity index (χ3n) is 3.23. The first-order valence-corrected chi connectivity index (χ1v) is 6.87. The Labute approximate surface area is 122 Å². The molecule has 1 aliphatic carbocycles. The van der Waals surface area contributed by atoms with E-state index in [1.165, 1.54) is 0 Å². The molecule has 2 nitrogen and oxygen atoms in total. The van der Waals surface area contributed by atoms with Crippen molar-refractivity contribution in [1.82, 2.24) is 0 Å². The highest BCUT2D eigenvalue weighted by Gasteiger charge is 2.20. The highest BCUT2D eigenvalue weighted by atomic mass is 16.3. The van der Waals surface area contributed by atoms with Crippen LogP contribution in [0.15, 0.2) is 72.0 Å². The van der Waals surface area contributed by atoms with Crippen molar-refractivity contribution in [3.8, 4) is 0 Å².